The molecule has 7 heteroatoms. The summed E-state index contributed by atoms with van der Waals surface area (Å²) in [5.74, 6) is -2.38. The van der Waals surface area contributed by atoms with Crippen LogP contribution in [-0.2, 0) is 0 Å². The molecule has 0 unspecified atom stereocenters. The maximum atomic E-state index is 13.4. The Morgan fingerprint density at radius 2 is 2.05 bits per heavy atom. The van der Waals surface area contributed by atoms with E-state index in [1.165, 1.54) is 21.8 Å². The highest BCUT2D eigenvalue weighted by Crippen LogP contribution is 2.25. The number of hydrogen-bond donors (Lipinski definition) is 0. The van der Waals surface area contributed by atoms with Crippen LogP contribution < -0.4 is 4.90 Å². The quantitative estimate of drug-likeness (QED) is 0.849. The first-order valence-electron chi connectivity index (χ1n) is 6.86. The zero-order valence-corrected chi connectivity index (χ0v) is 13.2. The van der Waals surface area contributed by atoms with Crippen LogP contribution >= 0.6 is 11.6 Å². The molecule has 0 fully saturated rings. The minimum Gasteiger partial charge on any atom is -0.308 e. The van der Waals surface area contributed by atoms with Gasteiger partial charge in [0.15, 0.2) is 11.6 Å². The van der Waals surface area contributed by atoms with Gasteiger partial charge < -0.3 is 4.90 Å². The third kappa shape index (κ3) is 2.97. The molecule has 0 spiro atoms. The molecule has 2 rings (SSSR count). The second-order valence-electron chi connectivity index (χ2n) is 5.04. The van der Waals surface area contributed by atoms with Crippen molar-refractivity contribution in [1.29, 1.82) is 0 Å². The summed E-state index contributed by atoms with van der Waals surface area (Å²) in [6.45, 7) is 5.80. The van der Waals surface area contributed by atoms with Gasteiger partial charge in [0.2, 0.25) is 0 Å². The molecule has 1 aromatic carbocycles. The molecule has 4 nitrogen and oxygen atoms in total. The van der Waals surface area contributed by atoms with Crippen molar-refractivity contribution in [3.63, 3.8) is 0 Å². The predicted molar refractivity (Wildman–Crippen MR) is 81.3 cm³/mol. The number of hydrogen-bond acceptors (Lipinski definition) is 2. The van der Waals surface area contributed by atoms with Crippen LogP contribution in [0.1, 0.15) is 37.2 Å². The van der Waals surface area contributed by atoms with Gasteiger partial charge in [-0.25, -0.2) is 8.78 Å². The highest BCUT2D eigenvalue weighted by atomic mass is 35.5. The largest absolute Gasteiger partial charge is 0.308 e. The molecule has 2 aromatic rings. The van der Waals surface area contributed by atoms with E-state index in [1.54, 1.807) is 6.92 Å². The number of carbonyl (C=O) groups excluding carboxylic acids is 1. The number of aromatic nitrogens is 2. The number of benzene rings is 1. The summed E-state index contributed by atoms with van der Waals surface area (Å²) in [5.41, 5.74) is 0.488. The van der Waals surface area contributed by atoms with Crippen LogP contribution in [0.15, 0.2) is 24.4 Å². The van der Waals surface area contributed by atoms with Gasteiger partial charge in [-0.2, -0.15) is 5.10 Å². The van der Waals surface area contributed by atoms with E-state index in [9.17, 15) is 13.6 Å². The van der Waals surface area contributed by atoms with E-state index in [-0.39, 0.29) is 29.0 Å². The van der Waals surface area contributed by atoms with Crippen molar-refractivity contribution in [2.24, 2.45) is 0 Å². The summed E-state index contributed by atoms with van der Waals surface area (Å²) in [7, 11) is 0. The van der Waals surface area contributed by atoms with Crippen molar-refractivity contribution in [2.45, 2.75) is 26.8 Å². The molecule has 0 saturated heterocycles. The first kappa shape index (κ1) is 16.4. The van der Waals surface area contributed by atoms with Crippen LogP contribution in [0.4, 0.5) is 14.5 Å². The van der Waals surface area contributed by atoms with Crippen molar-refractivity contribution in [3.8, 4) is 0 Å². The molecule has 1 heterocycles. The number of halogens is 3. The lowest BCUT2D eigenvalue weighted by Gasteiger charge is -2.21. The molecule has 0 radical (unpaired) electrons. The number of carbonyl (C=O) groups is 1. The van der Waals surface area contributed by atoms with Crippen LogP contribution in [0.2, 0.25) is 5.15 Å². The van der Waals surface area contributed by atoms with Gasteiger partial charge in [0, 0.05) is 24.3 Å². The normalized spacial score (nSPS) is 11.0. The molecular weight excluding hydrogens is 312 g/mol. The minimum absolute atomic E-state index is 0.00684. The Hall–Kier alpha value is -1.95. The minimum atomic E-state index is -1.01. The van der Waals surface area contributed by atoms with Crippen molar-refractivity contribution >= 4 is 23.2 Å². The zero-order valence-electron chi connectivity index (χ0n) is 12.5. The monoisotopic (exact) mass is 327 g/mol. The van der Waals surface area contributed by atoms with Crippen LogP contribution in [0.3, 0.4) is 0 Å². The third-order valence-electron chi connectivity index (χ3n) is 3.23. The highest BCUT2D eigenvalue weighted by Gasteiger charge is 2.23. The Bertz CT molecular complexity index is 700. The SMILES string of the molecule is CCN(C(=O)c1cnn(C(C)C)c1Cl)c1ccc(F)c(F)c1. The number of anilines is 1. The Labute approximate surface area is 132 Å². The van der Waals surface area contributed by atoms with Gasteiger partial charge in [-0.05, 0) is 32.9 Å². The second-order valence-corrected chi connectivity index (χ2v) is 5.39. The molecule has 0 aliphatic heterocycles. The van der Waals surface area contributed by atoms with Crippen LogP contribution in [0, 0.1) is 11.6 Å². The summed E-state index contributed by atoms with van der Waals surface area (Å²) in [6, 6.07) is 3.32. The average Bonchev–Trinajstić information content (AvgIpc) is 2.85. The number of rotatable bonds is 4. The fourth-order valence-corrected chi connectivity index (χ4v) is 2.46. The van der Waals surface area contributed by atoms with E-state index in [1.807, 2.05) is 13.8 Å². The van der Waals surface area contributed by atoms with Crippen LogP contribution in [0.25, 0.3) is 0 Å². The second kappa shape index (κ2) is 6.44. The standard InChI is InChI=1S/C15H16ClF2N3O/c1-4-20(10-5-6-12(17)13(18)7-10)15(22)11-8-19-21(9(2)3)14(11)16/h5-9H,4H2,1-3H3. The van der Waals surface area contributed by atoms with Crippen molar-refractivity contribution in [3.05, 3.63) is 46.7 Å². The number of amides is 1. The van der Waals surface area contributed by atoms with Gasteiger partial charge >= 0.3 is 0 Å². The molecule has 22 heavy (non-hydrogen) atoms. The van der Waals surface area contributed by atoms with Crippen LogP contribution in [0.5, 0.6) is 0 Å². The summed E-state index contributed by atoms with van der Waals surface area (Å²) in [5, 5.41) is 4.30. The summed E-state index contributed by atoms with van der Waals surface area (Å²) >= 11 is 6.18. The van der Waals surface area contributed by atoms with Crippen molar-refractivity contribution < 1.29 is 13.6 Å². The van der Waals surface area contributed by atoms with Gasteiger partial charge in [-0.3, -0.25) is 9.48 Å². The van der Waals surface area contributed by atoms with Crippen LogP contribution in [-0.4, -0.2) is 22.2 Å². The van der Waals surface area contributed by atoms with E-state index >= 15 is 0 Å². The molecule has 1 aromatic heterocycles. The lowest BCUT2D eigenvalue weighted by molar-refractivity contribution is 0.0988. The highest BCUT2D eigenvalue weighted by molar-refractivity contribution is 6.33. The van der Waals surface area contributed by atoms with Gasteiger partial charge in [0.25, 0.3) is 5.91 Å². The summed E-state index contributed by atoms with van der Waals surface area (Å²) < 4.78 is 27.9. The molecule has 0 aliphatic rings. The van der Waals surface area contributed by atoms with E-state index in [2.05, 4.69) is 5.10 Å². The first-order valence-corrected chi connectivity index (χ1v) is 7.24. The number of nitrogens with zero attached hydrogens (tertiary/aromatic N) is 3. The Morgan fingerprint density at radius 1 is 1.36 bits per heavy atom. The van der Waals surface area contributed by atoms with Gasteiger partial charge in [-0.1, -0.05) is 11.6 Å². The maximum absolute atomic E-state index is 13.4. The molecule has 0 aliphatic carbocycles. The molecular formula is C15H16ClF2N3O. The molecule has 1 amide bonds. The van der Waals surface area contributed by atoms with Gasteiger partial charge in [-0.15, -0.1) is 0 Å². The molecule has 118 valence electrons. The zero-order chi connectivity index (χ0) is 16.4. The first-order chi connectivity index (χ1) is 10.4. The Balaban J connectivity index is 2.39. The fraction of sp³-hybridized carbons (Fsp3) is 0.333. The van der Waals surface area contributed by atoms with E-state index in [0.29, 0.717) is 0 Å². The van der Waals surface area contributed by atoms with E-state index in [4.69, 9.17) is 11.6 Å². The molecule has 0 bridgehead atoms. The summed E-state index contributed by atoms with van der Waals surface area (Å²) in [4.78, 5) is 13.9. The van der Waals surface area contributed by atoms with E-state index < -0.39 is 17.5 Å². The third-order valence-corrected chi connectivity index (χ3v) is 3.61. The van der Waals surface area contributed by atoms with Gasteiger partial charge in [0.1, 0.15) is 5.15 Å². The Morgan fingerprint density at radius 3 is 2.55 bits per heavy atom. The average molecular weight is 328 g/mol. The topological polar surface area (TPSA) is 38.1 Å². The molecule has 0 N–H and O–H groups in total. The fourth-order valence-electron chi connectivity index (χ4n) is 2.09. The predicted octanol–water partition coefficient (Wildman–Crippen LogP) is 4.06. The summed E-state index contributed by atoms with van der Waals surface area (Å²) in [6.07, 6.45) is 1.38. The lowest BCUT2D eigenvalue weighted by atomic mass is 10.2. The van der Waals surface area contributed by atoms with Crippen molar-refractivity contribution in [1.82, 2.24) is 9.78 Å². The van der Waals surface area contributed by atoms with Gasteiger partial charge in [0.05, 0.1) is 11.8 Å². The Kier molecular flexibility index (Phi) is 4.81. The molecule has 0 atom stereocenters. The van der Waals surface area contributed by atoms with Crippen molar-refractivity contribution in [2.75, 3.05) is 11.4 Å². The molecule has 0 saturated carbocycles. The lowest BCUT2D eigenvalue weighted by Crippen LogP contribution is -2.30. The maximum Gasteiger partial charge on any atom is 0.263 e. The van der Waals surface area contributed by atoms with E-state index in [0.717, 1.165) is 12.1 Å². The smallest absolute Gasteiger partial charge is 0.263 e.